The van der Waals surface area contributed by atoms with Crippen molar-refractivity contribution >= 4 is 6.29 Å². The molecule has 0 saturated carbocycles. The van der Waals surface area contributed by atoms with Crippen LogP contribution in [0.25, 0.3) is 0 Å². The zero-order chi connectivity index (χ0) is 15.4. The van der Waals surface area contributed by atoms with E-state index in [1.165, 1.54) is 0 Å². The first kappa shape index (κ1) is 17.6. The minimum atomic E-state index is -1.22. The highest BCUT2D eigenvalue weighted by molar-refractivity contribution is 5.65. The van der Waals surface area contributed by atoms with E-state index in [0.29, 0.717) is 13.2 Å². The summed E-state index contributed by atoms with van der Waals surface area (Å²) in [5.74, 6) is -0.674. The minimum absolute atomic E-state index is 0.158. The number of hydrogen-bond acceptors (Lipinski definition) is 5. The van der Waals surface area contributed by atoms with Crippen LogP contribution in [0.4, 0.5) is 0 Å². The van der Waals surface area contributed by atoms with E-state index in [2.05, 4.69) is 6.92 Å². The Labute approximate surface area is 121 Å². The third-order valence-electron chi connectivity index (χ3n) is 3.63. The molecule has 1 heterocycles. The van der Waals surface area contributed by atoms with Gasteiger partial charge in [0, 0.05) is 13.2 Å². The van der Waals surface area contributed by atoms with E-state index < -0.39 is 17.7 Å². The molecule has 0 aromatic heterocycles. The summed E-state index contributed by atoms with van der Waals surface area (Å²) in [7, 11) is 0. The maximum absolute atomic E-state index is 11.9. The first-order valence-electron chi connectivity index (χ1n) is 7.44. The molecular formula is C15H28O5. The molecule has 1 fully saturated rings. The number of aldehydes is 1. The fourth-order valence-electron chi connectivity index (χ4n) is 2.62. The highest BCUT2D eigenvalue weighted by Crippen LogP contribution is 2.42. The molecular weight excluding hydrogens is 260 g/mol. The summed E-state index contributed by atoms with van der Waals surface area (Å²) in [5, 5.41) is 0. The summed E-state index contributed by atoms with van der Waals surface area (Å²) < 4.78 is 23.2. The van der Waals surface area contributed by atoms with Crippen molar-refractivity contribution in [3.8, 4) is 0 Å². The minimum Gasteiger partial charge on any atom is -0.349 e. The highest BCUT2D eigenvalue weighted by atomic mass is 16.8. The van der Waals surface area contributed by atoms with E-state index in [-0.39, 0.29) is 12.0 Å². The predicted octanol–water partition coefficient (Wildman–Crippen LogP) is 2.52. The number of ether oxygens (including phenoxy) is 4. The number of carbonyl (C=O) groups excluding carboxylic acids is 1. The molecule has 0 aromatic rings. The second-order valence-electron chi connectivity index (χ2n) is 5.64. The first-order chi connectivity index (χ1) is 9.36. The van der Waals surface area contributed by atoms with Gasteiger partial charge >= 0.3 is 0 Å². The Kier molecular flexibility index (Phi) is 6.13. The molecule has 1 saturated heterocycles. The summed E-state index contributed by atoms with van der Waals surface area (Å²) in [6.45, 7) is 12.3. The molecule has 0 aromatic carbocycles. The van der Waals surface area contributed by atoms with Gasteiger partial charge in [-0.15, -0.1) is 0 Å². The van der Waals surface area contributed by atoms with Gasteiger partial charge in [-0.05, 0) is 33.6 Å². The van der Waals surface area contributed by atoms with Crippen molar-refractivity contribution in [2.24, 2.45) is 5.92 Å². The largest absolute Gasteiger partial charge is 0.349 e. The van der Waals surface area contributed by atoms with E-state index in [1.54, 1.807) is 0 Å². The van der Waals surface area contributed by atoms with Crippen molar-refractivity contribution in [2.75, 3.05) is 13.2 Å². The smallest absolute Gasteiger partial charge is 0.203 e. The van der Waals surface area contributed by atoms with Crippen molar-refractivity contribution < 1.29 is 23.7 Å². The summed E-state index contributed by atoms with van der Waals surface area (Å²) >= 11 is 0. The molecule has 5 heteroatoms. The lowest BCUT2D eigenvalue weighted by Crippen LogP contribution is -2.56. The molecule has 1 aliphatic heterocycles. The summed E-state index contributed by atoms with van der Waals surface area (Å²) in [6, 6.07) is 0. The Morgan fingerprint density at radius 3 is 2.15 bits per heavy atom. The zero-order valence-corrected chi connectivity index (χ0v) is 13.5. The van der Waals surface area contributed by atoms with Crippen LogP contribution in [0.5, 0.6) is 0 Å². The van der Waals surface area contributed by atoms with Gasteiger partial charge in [0.1, 0.15) is 6.10 Å². The molecule has 0 unspecified atom stereocenters. The van der Waals surface area contributed by atoms with Gasteiger partial charge in [0.15, 0.2) is 18.4 Å². The molecule has 3 atom stereocenters. The third-order valence-corrected chi connectivity index (χ3v) is 3.63. The molecule has 0 aliphatic carbocycles. The maximum atomic E-state index is 11.9. The topological polar surface area (TPSA) is 54.0 Å². The highest BCUT2D eigenvalue weighted by Gasteiger charge is 2.60. The quantitative estimate of drug-likeness (QED) is 0.507. The average molecular weight is 288 g/mol. The fraction of sp³-hybridized carbons (Fsp3) is 0.933. The lowest BCUT2D eigenvalue weighted by Gasteiger charge is -2.36. The van der Waals surface area contributed by atoms with E-state index in [0.717, 1.165) is 12.7 Å². The van der Waals surface area contributed by atoms with Crippen LogP contribution in [0.3, 0.4) is 0 Å². The molecule has 0 spiro atoms. The van der Waals surface area contributed by atoms with Crippen LogP contribution in [0.1, 0.15) is 48.0 Å². The van der Waals surface area contributed by atoms with Crippen molar-refractivity contribution in [3.63, 3.8) is 0 Å². The van der Waals surface area contributed by atoms with Crippen LogP contribution in [0.2, 0.25) is 0 Å². The Bertz CT molecular complexity index is 311. The number of hydrogen-bond donors (Lipinski definition) is 0. The van der Waals surface area contributed by atoms with Crippen LogP contribution < -0.4 is 0 Å². The van der Waals surface area contributed by atoms with Crippen molar-refractivity contribution in [1.82, 2.24) is 0 Å². The van der Waals surface area contributed by atoms with Crippen LogP contribution in [-0.2, 0) is 23.7 Å². The molecule has 0 N–H and O–H groups in total. The molecule has 1 aliphatic rings. The van der Waals surface area contributed by atoms with Crippen molar-refractivity contribution in [2.45, 2.75) is 71.7 Å². The second-order valence-corrected chi connectivity index (χ2v) is 5.64. The average Bonchev–Trinajstić information content (AvgIpc) is 2.70. The molecule has 1 rings (SSSR count). The standard InChI is InChI=1S/C15H28O5/c1-7-11(4)12-15(10-16,20-14(5,6)19-12)13(17-8-2)18-9-3/h10-13H,7-9H2,1-6H3/t11-,12-,15+/m0/s1. The monoisotopic (exact) mass is 288 g/mol. The van der Waals surface area contributed by atoms with E-state index in [9.17, 15) is 4.79 Å². The van der Waals surface area contributed by atoms with Gasteiger partial charge in [-0.3, -0.25) is 4.79 Å². The molecule has 20 heavy (non-hydrogen) atoms. The van der Waals surface area contributed by atoms with E-state index >= 15 is 0 Å². The van der Waals surface area contributed by atoms with Crippen LogP contribution in [-0.4, -0.2) is 43.3 Å². The Hall–Kier alpha value is -0.490. The van der Waals surface area contributed by atoms with E-state index in [1.807, 2.05) is 34.6 Å². The van der Waals surface area contributed by atoms with Crippen LogP contribution in [0.15, 0.2) is 0 Å². The summed E-state index contributed by atoms with van der Waals surface area (Å²) in [4.78, 5) is 11.9. The fourth-order valence-corrected chi connectivity index (χ4v) is 2.62. The predicted molar refractivity (Wildman–Crippen MR) is 75.3 cm³/mol. The summed E-state index contributed by atoms with van der Waals surface area (Å²) in [6.07, 6.45) is 0.526. The molecule has 0 bridgehead atoms. The third kappa shape index (κ3) is 3.39. The Morgan fingerprint density at radius 1 is 1.20 bits per heavy atom. The van der Waals surface area contributed by atoms with Gasteiger partial charge in [-0.1, -0.05) is 20.3 Å². The Balaban J connectivity index is 3.15. The lowest BCUT2D eigenvalue weighted by atomic mass is 9.87. The molecule has 0 amide bonds. The molecule has 0 radical (unpaired) electrons. The summed E-state index contributed by atoms with van der Waals surface area (Å²) in [5.41, 5.74) is -1.22. The van der Waals surface area contributed by atoms with Crippen LogP contribution in [0, 0.1) is 5.92 Å². The lowest BCUT2D eigenvalue weighted by molar-refractivity contribution is -0.250. The first-order valence-corrected chi connectivity index (χ1v) is 7.44. The van der Waals surface area contributed by atoms with Gasteiger partial charge in [0.25, 0.3) is 0 Å². The van der Waals surface area contributed by atoms with Gasteiger partial charge in [-0.2, -0.15) is 0 Å². The van der Waals surface area contributed by atoms with Gasteiger partial charge in [0.05, 0.1) is 0 Å². The number of carbonyl (C=O) groups is 1. The SMILES string of the molecule is CCOC(OCC)[C@]1(C=O)OC(C)(C)O[C@H]1[C@@H](C)CC. The van der Waals surface area contributed by atoms with E-state index in [4.69, 9.17) is 18.9 Å². The van der Waals surface area contributed by atoms with Crippen molar-refractivity contribution in [1.29, 1.82) is 0 Å². The van der Waals surface area contributed by atoms with Crippen molar-refractivity contribution in [3.05, 3.63) is 0 Å². The van der Waals surface area contributed by atoms with Gasteiger partial charge < -0.3 is 18.9 Å². The maximum Gasteiger partial charge on any atom is 0.203 e. The normalized spacial score (nSPS) is 30.6. The van der Waals surface area contributed by atoms with Gasteiger partial charge in [0.2, 0.25) is 5.60 Å². The van der Waals surface area contributed by atoms with Crippen LogP contribution >= 0.6 is 0 Å². The zero-order valence-electron chi connectivity index (χ0n) is 13.5. The molecule has 118 valence electrons. The Morgan fingerprint density at radius 2 is 1.75 bits per heavy atom. The second kappa shape index (κ2) is 6.98. The van der Waals surface area contributed by atoms with Gasteiger partial charge in [-0.25, -0.2) is 0 Å². The number of rotatable bonds is 8. The molecule has 5 nitrogen and oxygen atoms in total.